The summed E-state index contributed by atoms with van der Waals surface area (Å²) in [6.07, 6.45) is 1.27. The maximum absolute atomic E-state index is 3.75. The number of aryl methyl sites for hydroxylation is 1. The summed E-state index contributed by atoms with van der Waals surface area (Å²) in [5.74, 6) is 0.752. The predicted octanol–water partition coefficient (Wildman–Crippen LogP) is 4.00. The van der Waals surface area contributed by atoms with Gasteiger partial charge in [0.1, 0.15) is 0 Å². The third-order valence-electron chi connectivity index (χ3n) is 4.66. The van der Waals surface area contributed by atoms with Crippen LogP contribution in [-0.4, -0.2) is 24.0 Å². The molecule has 2 atom stereocenters. The van der Waals surface area contributed by atoms with Gasteiger partial charge in [0, 0.05) is 32.2 Å². The van der Waals surface area contributed by atoms with Gasteiger partial charge in [-0.3, -0.25) is 4.90 Å². The third kappa shape index (κ3) is 4.92. The zero-order chi connectivity index (χ0) is 16.1. The Bertz CT molecular complexity index is 608. The van der Waals surface area contributed by atoms with E-state index in [4.69, 9.17) is 0 Å². The first-order chi connectivity index (χ1) is 11.2. The minimum atomic E-state index is 0.587. The standard InChI is InChI=1S/C21H28N2/c1-17-7-6-10-20(11-17)15-23-14-18(2)12-21(16-23)22-13-19-8-4-3-5-9-19/h3-11,18,21-22H,12-16H2,1-2H3. The summed E-state index contributed by atoms with van der Waals surface area (Å²) in [7, 11) is 0. The second kappa shape index (κ2) is 7.76. The van der Waals surface area contributed by atoms with E-state index in [1.165, 1.54) is 29.7 Å². The van der Waals surface area contributed by atoms with Gasteiger partial charge >= 0.3 is 0 Å². The van der Waals surface area contributed by atoms with Crippen LogP contribution in [0, 0.1) is 12.8 Å². The molecule has 0 amide bonds. The summed E-state index contributed by atoms with van der Waals surface area (Å²) in [6.45, 7) is 8.93. The third-order valence-corrected chi connectivity index (χ3v) is 4.66. The van der Waals surface area contributed by atoms with Crippen LogP contribution in [0.15, 0.2) is 54.6 Å². The molecule has 1 saturated heterocycles. The highest BCUT2D eigenvalue weighted by Crippen LogP contribution is 2.19. The number of benzene rings is 2. The van der Waals surface area contributed by atoms with Crippen LogP contribution in [0.2, 0.25) is 0 Å². The van der Waals surface area contributed by atoms with Crippen LogP contribution in [0.3, 0.4) is 0 Å². The normalized spacial score (nSPS) is 22.2. The molecular formula is C21H28N2. The molecule has 0 saturated carbocycles. The van der Waals surface area contributed by atoms with Crippen LogP contribution >= 0.6 is 0 Å². The van der Waals surface area contributed by atoms with Gasteiger partial charge in [0.15, 0.2) is 0 Å². The van der Waals surface area contributed by atoms with E-state index in [1.807, 2.05) is 0 Å². The predicted molar refractivity (Wildman–Crippen MR) is 97.3 cm³/mol. The van der Waals surface area contributed by atoms with Crippen molar-refractivity contribution in [3.8, 4) is 0 Å². The van der Waals surface area contributed by atoms with Gasteiger partial charge in [0.2, 0.25) is 0 Å². The quantitative estimate of drug-likeness (QED) is 0.898. The molecule has 0 spiro atoms. The molecule has 0 radical (unpaired) electrons. The van der Waals surface area contributed by atoms with Gasteiger partial charge in [-0.05, 0) is 30.4 Å². The molecular weight excluding hydrogens is 280 g/mol. The van der Waals surface area contributed by atoms with Crippen molar-refractivity contribution >= 4 is 0 Å². The number of hydrogen-bond acceptors (Lipinski definition) is 2. The molecule has 0 aromatic heterocycles. The van der Waals surface area contributed by atoms with Crippen LogP contribution in [0.1, 0.15) is 30.0 Å². The Balaban J connectivity index is 1.56. The molecule has 0 aliphatic carbocycles. The first kappa shape index (κ1) is 16.2. The lowest BCUT2D eigenvalue weighted by atomic mass is 9.95. The maximum atomic E-state index is 3.75. The van der Waals surface area contributed by atoms with E-state index in [1.54, 1.807) is 0 Å². The van der Waals surface area contributed by atoms with Crippen molar-refractivity contribution in [1.29, 1.82) is 0 Å². The lowest BCUT2D eigenvalue weighted by Gasteiger charge is -2.37. The van der Waals surface area contributed by atoms with Crippen molar-refractivity contribution in [3.05, 3.63) is 71.3 Å². The highest BCUT2D eigenvalue weighted by molar-refractivity contribution is 5.22. The molecule has 3 rings (SSSR count). The van der Waals surface area contributed by atoms with Crippen molar-refractivity contribution in [1.82, 2.24) is 10.2 Å². The fourth-order valence-corrected chi connectivity index (χ4v) is 3.67. The number of hydrogen-bond donors (Lipinski definition) is 1. The fourth-order valence-electron chi connectivity index (χ4n) is 3.67. The minimum absolute atomic E-state index is 0.587. The monoisotopic (exact) mass is 308 g/mol. The first-order valence-corrected chi connectivity index (χ1v) is 8.74. The Morgan fingerprint density at radius 3 is 2.57 bits per heavy atom. The van der Waals surface area contributed by atoms with Gasteiger partial charge in [-0.1, -0.05) is 67.1 Å². The molecule has 2 aromatic rings. The number of nitrogens with one attached hydrogen (secondary N) is 1. The largest absolute Gasteiger partial charge is 0.309 e. The van der Waals surface area contributed by atoms with Gasteiger partial charge in [-0.25, -0.2) is 0 Å². The summed E-state index contributed by atoms with van der Waals surface area (Å²) < 4.78 is 0. The van der Waals surface area contributed by atoms with Crippen molar-refractivity contribution in [2.24, 2.45) is 5.92 Å². The maximum Gasteiger partial charge on any atom is 0.0234 e. The Hall–Kier alpha value is -1.64. The van der Waals surface area contributed by atoms with Gasteiger partial charge in [-0.15, -0.1) is 0 Å². The van der Waals surface area contributed by atoms with Gasteiger partial charge < -0.3 is 5.32 Å². The van der Waals surface area contributed by atoms with Crippen LogP contribution < -0.4 is 5.32 Å². The smallest absolute Gasteiger partial charge is 0.0234 e. The topological polar surface area (TPSA) is 15.3 Å². The first-order valence-electron chi connectivity index (χ1n) is 8.74. The molecule has 1 fully saturated rings. The Morgan fingerprint density at radius 2 is 1.78 bits per heavy atom. The molecule has 0 bridgehead atoms. The van der Waals surface area contributed by atoms with Crippen molar-refractivity contribution < 1.29 is 0 Å². The average molecular weight is 308 g/mol. The van der Waals surface area contributed by atoms with Crippen molar-refractivity contribution in [3.63, 3.8) is 0 Å². The zero-order valence-corrected chi connectivity index (χ0v) is 14.3. The molecule has 122 valence electrons. The van der Waals surface area contributed by atoms with Crippen molar-refractivity contribution in [2.75, 3.05) is 13.1 Å². The number of rotatable bonds is 5. The molecule has 2 aromatic carbocycles. The van der Waals surface area contributed by atoms with E-state index < -0.39 is 0 Å². The summed E-state index contributed by atoms with van der Waals surface area (Å²) in [5.41, 5.74) is 4.16. The Kier molecular flexibility index (Phi) is 5.47. The summed E-state index contributed by atoms with van der Waals surface area (Å²) >= 11 is 0. The highest BCUT2D eigenvalue weighted by Gasteiger charge is 2.24. The van der Waals surface area contributed by atoms with Gasteiger partial charge in [0.05, 0.1) is 0 Å². The molecule has 2 unspecified atom stereocenters. The molecule has 1 aliphatic heterocycles. The highest BCUT2D eigenvalue weighted by atomic mass is 15.2. The Morgan fingerprint density at radius 1 is 1.00 bits per heavy atom. The van der Waals surface area contributed by atoms with Gasteiger partial charge in [0.25, 0.3) is 0 Å². The molecule has 2 heteroatoms. The van der Waals surface area contributed by atoms with E-state index in [-0.39, 0.29) is 0 Å². The summed E-state index contributed by atoms with van der Waals surface area (Å²) in [6, 6.07) is 20.2. The second-order valence-electron chi connectivity index (χ2n) is 7.09. The molecule has 1 N–H and O–H groups in total. The lowest BCUT2D eigenvalue weighted by molar-refractivity contribution is 0.142. The summed E-state index contributed by atoms with van der Waals surface area (Å²) in [5, 5.41) is 3.75. The molecule has 1 heterocycles. The van der Waals surface area contributed by atoms with E-state index >= 15 is 0 Å². The van der Waals surface area contributed by atoms with Gasteiger partial charge in [-0.2, -0.15) is 0 Å². The van der Waals surface area contributed by atoms with E-state index in [9.17, 15) is 0 Å². The van der Waals surface area contributed by atoms with E-state index in [0.29, 0.717) is 6.04 Å². The van der Waals surface area contributed by atoms with Crippen molar-refractivity contribution in [2.45, 2.75) is 39.4 Å². The van der Waals surface area contributed by atoms with Crippen LogP contribution in [0.25, 0.3) is 0 Å². The lowest BCUT2D eigenvalue weighted by Crippen LogP contribution is -2.48. The number of nitrogens with zero attached hydrogens (tertiary/aromatic N) is 1. The average Bonchev–Trinajstić information content (AvgIpc) is 2.53. The number of piperidine rings is 1. The number of likely N-dealkylation sites (tertiary alicyclic amines) is 1. The summed E-state index contributed by atoms with van der Waals surface area (Å²) in [4.78, 5) is 2.60. The molecule has 23 heavy (non-hydrogen) atoms. The fraction of sp³-hybridized carbons (Fsp3) is 0.429. The van der Waals surface area contributed by atoms with Crippen LogP contribution in [-0.2, 0) is 13.1 Å². The van der Waals surface area contributed by atoms with E-state index in [2.05, 4.69) is 78.7 Å². The van der Waals surface area contributed by atoms with Crippen LogP contribution in [0.4, 0.5) is 0 Å². The Labute approximate surface area is 140 Å². The SMILES string of the molecule is Cc1cccc(CN2CC(C)CC(NCc3ccccc3)C2)c1. The minimum Gasteiger partial charge on any atom is -0.309 e. The zero-order valence-electron chi connectivity index (χ0n) is 14.3. The molecule has 2 nitrogen and oxygen atoms in total. The molecule has 1 aliphatic rings. The van der Waals surface area contributed by atoms with Crippen LogP contribution in [0.5, 0.6) is 0 Å². The van der Waals surface area contributed by atoms with E-state index in [0.717, 1.165) is 25.6 Å². The second-order valence-corrected chi connectivity index (χ2v) is 7.09.